The minimum Gasteiger partial charge on any atom is -0.398 e. The maximum atomic E-state index is 12.3. The first-order chi connectivity index (χ1) is 9.95. The van der Waals surface area contributed by atoms with E-state index < -0.39 is 10.0 Å². The van der Waals surface area contributed by atoms with Crippen LogP contribution in [-0.4, -0.2) is 8.42 Å². The predicted octanol–water partition coefficient (Wildman–Crippen LogP) is 3.06. The Balaban J connectivity index is 1.78. The second-order valence-electron chi connectivity index (χ2n) is 5.02. The molecule has 3 N–H and O–H groups in total. The number of benzene rings is 1. The summed E-state index contributed by atoms with van der Waals surface area (Å²) in [5.74, 6) is 0. The van der Waals surface area contributed by atoms with E-state index in [1.54, 1.807) is 23.5 Å². The first-order valence-electron chi connectivity index (χ1n) is 6.61. The molecule has 21 heavy (non-hydrogen) atoms. The van der Waals surface area contributed by atoms with E-state index in [1.165, 1.54) is 22.9 Å². The molecule has 1 heterocycles. The number of nitrogens with one attached hydrogen (secondary N) is 1. The van der Waals surface area contributed by atoms with E-state index in [9.17, 15) is 8.42 Å². The van der Waals surface area contributed by atoms with Crippen LogP contribution in [0.3, 0.4) is 0 Å². The molecule has 0 fully saturated rings. The maximum Gasteiger partial charge on any atom is 0.242 e. The number of hydrogen-bond donors (Lipinski definition) is 2. The van der Waals surface area contributed by atoms with Crippen molar-refractivity contribution in [1.82, 2.24) is 4.72 Å². The Hall–Kier alpha value is -0.890. The van der Waals surface area contributed by atoms with Crippen molar-refractivity contribution in [2.45, 2.75) is 30.7 Å². The fraction of sp³-hybridized carbons (Fsp3) is 0.286. The number of fused-ring (bicyclic) bond motifs is 1. The van der Waals surface area contributed by atoms with E-state index in [-0.39, 0.29) is 10.6 Å². The molecule has 0 bridgehead atoms. The minimum absolute atomic E-state index is 0.112. The van der Waals surface area contributed by atoms with Crippen molar-refractivity contribution in [1.29, 1.82) is 0 Å². The van der Waals surface area contributed by atoms with Crippen LogP contribution >= 0.6 is 27.3 Å². The Morgan fingerprint density at radius 2 is 2.10 bits per heavy atom. The van der Waals surface area contributed by atoms with Gasteiger partial charge in [0.05, 0.1) is 5.69 Å². The van der Waals surface area contributed by atoms with Gasteiger partial charge in [-0.1, -0.05) is 15.9 Å². The smallest absolute Gasteiger partial charge is 0.242 e. The molecular formula is C14H15BrN2O2S2. The number of halogens is 1. The van der Waals surface area contributed by atoms with Crippen molar-refractivity contribution in [2.24, 2.45) is 0 Å². The van der Waals surface area contributed by atoms with E-state index in [0.717, 1.165) is 17.7 Å². The number of nitrogen functional groups attached to an aromatic ring is 1. The summed E-state index contributed by atoms with van der Waals surface area (Å²) in [6.07, 6.45) is 3.43. The van der Waals surface area contributed by atoms with E-state index in [0.29, 0.717) is 11.0 Å². The average Bonchev–Trinajstić information content (AvgIpc) is 3.00. The molecule has 0 saturated heterocycles. The number of sulfonamides is 1. The molecule has 3 rings (SSSR count). The zero-order chi connectivity index (χ0) is 15.0. The standard InChI is InChI=1S/C14H15BrN2O2S2/c15-10-4-5-12(16)14(7-10)21(18,19)17-8-11-6-9-2-1-3-13(9)20-11/h4-7,17H,1-3,8,16H2. The lowest BCUT2D eigenvalue weighted by molar-refractivity contribution is 0.582. The van der Waals surface area contributed by atoms with Gasteiger partial charge in [0.2, 0.25) is 10.0 Å². The van der Waals surface area contributed by atoms with E-state index in [1.807, 2.05) is 0 Å². The number of nitrogens with two attached hydrogens (primary N) is 1. The monoisotopic (exact) mass is 386 g/mol. The molecule has 0 spiro atoms. The van der Waals surface area contributed by atoms with Gasteiger partial charge in [-0.05, 0) is 49.1 Å². The van der Waals surface area contributed by atoms with Gasteiger partial charge in [-0.2, -0.15) is 0 Å². The number of rotatable bonds is 4. The quantitative estimate of drug-likeness (QED) is 0.792. The average molecular weight is 387 g/mol. The summed E-state index contributed by atoms with van der Waals surface area (Å²) in [4.78, 5) is 2.56. The topological polar surface area (TPSA) is 72.2 Å². The summed E-state index contributed by atoms with van der Waals surface area (Å²) in [7, 11) is -3.60. The molecule has 0 amide bonds. The summed E-state index contributed by atoms with van der Waals surface area (Å²) >= 11 is 4.97. The summed E-state index contributed by atoms with van der Waals surface area (Å²) in [5, 5.41) is 0. The molecule has 112 valence electrons. The molecule has 1 aliphatic carbocycles. The molecule has 2 aromatic rings. The van der Waals surface area contributed by atoms with E-state index in [4.69, 9.17) is 5.73 Å². The van der Waals surface area contributed by atoms with Gasteiger partial charge >= 0.3 is 0 Å². The van der Waals surface area contributed by atoms with Crippen molar-refractivity contribution in [2.75, 3.05) is 5.73 Å². The third-order valence-electron chi connectivity index (χ3n) is 3.50. The van der Waals surface area contributed by atoms with Crippen LogP contribution in [0.5, 0.6) is 0 Å². The number of thiophene rings is 1. The van der Waals surface area contributed by atoms with Gasteiger partial charge in [0.15, 0.2) is 0 Å². The van der Waals surface area contributed by atoms with Crippen LogP contribution in [0.2, 0.25) is 0 Å². The van der Waals surface area contributed by atoms with Crippen LogP contribution in [0.15, 0.2) is 33.6 Å². The fourth-order valence-corrected chi connectivity index (χ4v) is 5.43. The van der Waals surface area contributed by atoms with Crippen LogP contribution in [0.4, 0.5) is 5.69 Å². The lowest BCUT2D eigenvalue weighted by Gasteiger charge is -2.09. The van der Waals surface area contributed by atoms with Gasteiger partial charge < -0.3 is 5.73 Å². The first-order valence-corrected chi connectivity index (χ1v) is 9.70. The highest BCUT2D eigenvalue weighted by molar-refractivity contribution is 9.10. The van der Waals surface area contributed by atoms with Crippen molar-refractivity contribution >= 4 is 43.0 Å². The summed E-state index contributed by atoms with van der Waals surface area (Å²) in [5.41, 5.74) is 7.39. The number of anilines is 1. The van der Waals surface area contributed by atoms with Crippen molar-refractivity contribution < 1.29 is 8.42 Å². The highest BCUT2D eigenvalue weighted by atomic mass is 79.9. The van der Waals surface area contributed by atoms with Gasteiger partial charge in [-0.15, -0.1) is 11.3 Å². The van der Waals surface area contributed by atoms with Gasteiger partial charge in [-0.25, -0.2) is 13.1 Å². The normalized spacial score (nSPS) is 14.3. The van der Waals surface area contributed by atoms with Gasteiger partial charge in [-0.3, -0.25) is 0 Å². The van der Waals surface area contributed by atoms with Crippen LogP contribution in [-0.2, 0) is 29.4 Å². The minimum atomic E-state index is -3.60. The fourth-order valence-electron chi connectivity index (χ4n) is 2.46. The molecule has 0 atom stereocenters. The lowest BCUT2D eigenvalue weighted by Crippen LogP contribution is -2.23. The van der Waals surface area contributed by atoms with Crippen LogP contribution in [0.25, 0.3) is 0 Å². The predicted molar refractivity (Wildman–Crippen MR) is 88.9 cm³/mol. The number of hydrogen-bond acceptors (Lipinski definition) is 4. The molecule has 1 aliphatic rings. The first kappa shape index (κ1) is 15.0. The summed E-state index contributed by atoms with van der Waals surface area (Å²) in [6.45, 7) is 0.311. The zero-order valence-electron chi connectivity index (χ0n) is 11.2. The van der Waals surface area contributed by atoms with Crippen molar-refractivity contribution in [3.8, 4) is 0 Å². The molecule has 0 aliphatic heterocycles. The van der Waals surface area contributed by atoms with Gasteiger partial charge in [0, 0.05) is 20.8 Å². The Morgan fingerprint density at radius 1 is 1.29 bits per heavy atom. The van der Waals surface area contributed by atoms with Gasteiger partial charge in [0.25, 0.3) is 0 Å². The van der Waals surface area contributed by atoms with E-state index >= 15 is 0 Å². The SMILES string of the molecule is Nc1ccc(Br)cc1S(=O)(=O)NCc1cc2c(s1)CCC2. The summed E-state index contributed by atoms with van der Waals surface area (Å²) < 4.78 is 28.0. The molecule has 0 unspecified atom stereocenters. The summed E-state index contributed by atoms with van der Waals surface area (Å²) in [6, 6.07) is 6.93. The Labute approximate surface area is 136 Å². The third-order valence-corrected chi connectivity index (χ3v) is 6.69. The van der Waals surface area contributed by atoms with Crippen LogP contribution in [0, 0.1) is 0 Å². The Kier molecular flexibility index (Phi) is 4.09. The van der Waals surface area contributed by atoms with Gasteiger partial charge in [0.1, 0.15) is 4.90 Å². The third kappa shape index (κ3) is 3.15. The molecule has 1 aromatic carbocycles. The van der Waals surface area contributed by atoms with Crippen LogP contribution in [0.1, 0.15) is 21.7 Å². The molecule has 0 saturated carbocycles. The molecule has 7 heteroatoms. The molecule has 0 radical (unpaired) electrons. The maximum absolute atomic E-state index is 12.3. The van der Waals surface area contributed by atoms with E-state index in [2.05, 4.69) is 26.7 Å². The highest BCUT2D eigenvalue weighted by Gasteiger charge is 2.19. The Morgan fingerprint density at radius 3 is 2.86 bits per heavy atom. The largest absolute Gasteiger partial charge is 0.398 e. The van der Waals surface area contributed by atoms with Crippen molar-refractivity contribution in [3.63, 3.8) is 0 Å². The molecular weight excluding hydrogens is 372 g/mol. The lowest BCUT2D eigenvalue weighted by atomic mass is 10.2. The highest BCUT2D eigenvalue weighted by Crippen LogP contribution is 2.31. The molecule has 4 nitrogen and oxygen atoms in total. The second-order valence-corrected chi connectivity index (χ2v) is 8.89. The molecule has 1 aromatic heterocycles. The van der Waals surface area contributed by atoms with Crippen molar-refractivity contribution in [3.05, 3.63) is 44.1 Å². The number of aryl methyl sites for hydroxylation is 2. The second kappa shape index (κ2) is 5.72. The van der Waals surface area contributed by atoms with Crippen LogP contribution < -0.4 is 10.5 Å². The zero-order valence-corrected chi connectivity index (χ0v) is 14.4. The Bertz CT molecular complexity index is 763.